The first-order valence-corrected chi connectivity index (χ1v) is 23.3. The fraction of sp³-hybridized carbons (Fsp3) is 0.271. The third-order valence-corrected chi connectivity index (χ3v) is 14.2. The van der Waals surface area contributed by atoms with Gasteiger partial charge in [-0.15, -0.1) is 0 Å². The molecule has 0 saturated heterocycles. The van der Waals surface area contributed by atoms with E-state index in [2.05, 4.69) is 188 Å². The summed E-state index contributed by atoms with van der Waals surface area (Å²) in [5.41, 5.74) is 18.8. The lowest BCUT2D eigenvalue weighted by Crippen LogP contribution is -2.50. The lowest BCUT2D eigenvalue weighted by molar-refractivity contribution is 0.216. The molecule has 10 rings (SSSR count). The van der Waals surface area contributed by atoms with Crippen LogP contribution in [0.25, 0.3) is 16.7 Å². The number of nitrogens with zero attached hydrogens (tertiary/aromatic N) is 2. The second kappa shape index (κ2) is 18.1. The summed E-state index contributed by atoms with van der Waals surface area (Å²) < 4.78 is 0. The third kappa shape index (κ3) is 8.07. The summed E-state index contributed by atoms with van der Waals surface area (Å²) in [6.45, 7) is 2.33. The van der Waals surface area contributed by atoms with Gasteiger partial charge >= 0.3 is 0 Å². The molecule has 3 heteroatoms. The first kappa shape index (κ1) is 40.1. The molecule has 0 spiro atoms. The van der Waals surface area contributed by atoms with Crippen LogP contribution in [0.2, 0.25) is 0 Å². The molecule has 62 heavy (non-hydrogen) atoms. The smallest absolute Gasteiger partial charge is 0.0760 e. The Morgan fingerprint density at radius 1 is 0.677 bits per heavy atom. The monoisotopic (exact) mass is 809 g/mol. The van der Waals surface area contributed by atoms with Gasteiger partial charge < -0.3 is 5.01 Å². The van der Waals surface area contributed by atoms with E-state index in [0.717, 1.165) is 69.9 Å². The van der Waals surface area contributed by atoms with E-state index in [-0.39, 0.29) is 23.9 Å². The molecule has 5 aliphatic carbocycles. The van der Waals surface area contributed by atoms with Crippen molar-refractivity contribution in [3.8, 4) is 11.1 Å². The topological polar surface area (TPSA) is 41.6 Å². The molecule has 0 amide bonds. The molecule has 2 aliphatic heterocycles. The van der Waals surface area contributed by atoms with E-state index in [1.165, 1.54) is 72.5 Å². The van der Waals surface area contributed by atoms with Gasteiger partial charge in [-0.05, 0) is 137 Å². The van der Waals surface area contributed by atoms with E-state index in [1.807, 2.05) is 0 Å². The highest BCUT2D eigenvalue weighted by atomic mass is 15.4. The second-order valence-corrected chi connectivity index (χ2v) is 17.9. The molecule has 7 aliphatic rings. The van der Waals surface area contributed by atoms with Crippen molar-refractivity contribution in [2.45, 2.75) is 89.1 Å². The quantitative estimate of drug-likeness (QED) is 0.207. The lowest BCUT2D eigenvalue weighted by Gasteiger charge is -2.47. The Labute approximate surface area is 369 Å². The number of benzene rings is 3. The highest BCUT2D eigenvalue weighted by Gasteiger charge is 2.41. The largest absolute Gasteiger partial charge is 0.306 e. The maximum Gasteiger partial charge on any atom is 0.0760 e. The van der Waals surface area contributed by atoms with Crippen LogP contribution in [0.15, 0.2) is 226 Å². The Morgan fingerprint density at radius 2 is 1.44 bits per heavy atom. The summed E-state index contributed by atoms with van der Waals surface area (Å²) in [7, 11) is 0. The van der Waals surface area contributed by atoms with Gasteiger partial charge in [0.15, 0.2) is 0 Å². The zero-order valence-corrected chi connectivity index (χ0v) is 36.2. The molecule has 2 N–H and O–H groups in total. The third-order valence-electron chi connectivity index (χ3n) is 14.2. The zero-order valence-electron chi connectivity index (χ0n) is 36.2. The Bertz CT molecular complexity index is 2590. The Kier molecular flexibility index (Phi) is 11.7. The molecule has 0 saturated carbocycles. The van der Waals surface area contributed by atoms with Crippen LogP contribution in [0.5, 0.6) is 0 Å². The van der Waals surface area contributed by atoms with E-state index in [9.17, 15) is 0 Å². The summed E-state index contributed by atoms with van der Waals surface area (Å²) in [4.78, 5) is 5.54. The maximum absolute atomic E-state index is 7.58. The standard InChI is InChI=1S/C59H59N3/c1-2-52(44-21-9-4-10-22-44)59-54-32-16-15-31-53(54)57(58(62(59)60)46-25-13-6-14-26-46)50-30-18-28-48(38-50)47-27-17-29-49(37-47)56-40-51(39-55(61-56)45-23-11-5-12-24-45)43-35-33-42(34-36-43)41-19-7-3-8-20-41/h3-4,6-11,13-15,18-25,27-28,30-31,33-37,39,46,50,52,56,59H,2,5,12,16-17,26,29,32,38,40,60H2,1H3. The summed E-state index contributed by atoms with van der Waals surface area (Å²) in [6.07, 6.45) is 45.6. The number of nitrogens with two attached hydrogens (primary N) is 1. The molecule has 3 aromatic rings. The molecule has 5 unspecified atom stereocenters. The minimum atomic E-state index is 0.104. The van der Waals surface area contributed by atoms with Gasteiger partial charge in [-0.3, -0.25) is 4.99 Å². The maximum atomic E-state index is 7.58. The second-order valence-electron chi connectivity index (χ2n) is 17.9. The van der Waals surface area contributed by atoms with Gasteiger partial charge in [0.05, 0.1) is 17.8 Å². The van der Waals surface area contributed by atoms with Gasteiger partial charge in [-0.25, -0.2) is 5.84 Å². The number of hydrazine groups is 1. The summed E-state index contributed by atoms with van der Waals surface area (Å²) in [6, 6.07) is 31.2. The average Bonchev–Trinajstić information content (AvgIpc) is 3.35. The van der Waals surface area contributed by atoms with Crippen molar-refractivity contribution in [1.82, 2.24) is 5.01 Å². The van der Waals surface area contributed by atoms with Crippen LogP contribution in [0.3, 0.4) is 0 Å². The van der Waals surface area contributed by atoms with Crippen molar-refractivity contribution in [3.63, 3.8) is 0 Å². The van der Waals surface area contributed by atoms with Crippen molar-refractivity contribution in [2.75, 3.05) is 0 Å². The normalized spacial score (nSPS) is 25.1. The van der Waals surface area contributed by atoms with Crippen LogP contribution in [-0.4, -0.2) is 22.8 Å². The minimum absolute atomic E-state index is 0.104. The van der Waals surface area contributed by atoms with Crippen molar-refractivity contribution >= 4 is 11.3 Å². The van der Waals surface area contributed by atoms with Crippen LogP contribution in [0, 0.1) is 11.8 Å². The number of allylic oxidation sites excluding steroid dienone is 20. The Morgan fingerprint density at radius 3 is 2.21 bits per heavy atom. The van der Waals surface area contributed by atoms with E-state index >= 15 is 0 Å². The first-order chi connectivity index (χ1) is 30.6. The highest BCUT2D eigenvalue weighted by molar-refractivity contribution is 6.14. The van der Waals surface area contributed by atoms with Crippen molar-refractivity contribution in [2.24, 2.45) is 22.7 Å². The van der Waals surface area contributed by atoms with Gasteiger partial charge in [0.1, 0.15) is 0 Å². The summed E-state index contributed by atoms with van der Waals surface area (Å²) >= 11 is 0. The van der Waals surface area contributed by atoms with E-state index in [0.29, 0.717) is 5.92 Å². The SMILES string of the molecule is CCC(c1ccccc1)C1C2=C(C=CCC2)C(C2C=CC=C(C3=CCCC(C4CC(c5ccc(-c6ccccc6)cc5)=CC(C5=CCCC=C5)=N4)=C3)C2)=C(C2C=CC=CC2)N1N. The van der Waals surface area contributed by atoms with Crippen LogP contribution in [0.1, 0.15) is 88.2 Å². The fourth-order valence-corrected chi connectivity index (χ4v) is 11.1. The Balaban J connectivity index is 0.965. The fourth-order valence-electron chi connectivity index (χ4n) is 11.1. The summed E-state index contributed by atoms with van der Waals surface area (Å²) in [5, 5.41) is 2.24. The van der Waals surface area contributed by atoms with Gasteiger partial charge in [0.2, 0.25) is 0 Å². The van der Waals surface area contributed by atoms with E-state index in [1.54, 1.807) is 0 Å². The lowest BCUT2D eigenvalue weighted by atomic mass is 9.70. The summed E-state index contributed by atoms with van der Waals surface area (Å²) in [5.74, 6) is 8.34. The molecule has 2 heterocycles. The number of dihydropyridines is 1. The molecule has 0 radical (unpaired) electrons. The molecular weight excluding hydrogens is 751 g/mol. The number of rotatable bonds is 10. The molecule has 5 atom stereocenters. The number of aliphatic imine (C=N–C) groups is 1. The predicted octanol–water partition coefficient (Wildman–Crippen LogP) is 14.2. The van der Waals surface area contributed by atoms with Gasteiger partial charge in [-0.1, -0.05) is 177 Å². The average molecular weight is 810 g/mol. The molecule has 0 fully saturated rings. The van der Waals surface area contributed by atoms with Gasteiger partial charge in [-0.2, -0.15) is 0 Å². The zero-order chi connectivity index (χ0) is 41.8. The van der Waals surface area contributed by atoms with Crippen LogP contribution in [0.4, 0.5) is 0 Å². The van der Waals surface area contributed by atoms with Crippen molar-refractivity contribution in [3.05, 3.63) is 232 Å². The molecule has 3 aromatic carbocycles. The Hall–Kier alpha value is -6.03. The van der Waals surface area contributed by atoms with Crippen molar-refractivity contribution < 1.29 is 0 Å². The highest BCUT2D eigenvalue weighted by Crippen LogP contribution is 2.49. The predicted molar refractivity (Wildman–Crippen MR) is 261 cm³/mol. The van der Waals surface area contributed by atoms with E-state index < -0.39 is 0 Å². The number of hydrogen-bond donors (Lipinski definition) is 1. The number of hydrogen-bond acceptors (Lipinski definition) is 3. The molecular formula is C59H59N3. The van der Waals surface area contributed by atoms with Crippen LogP contribution in [-0.2, 0) is 0 Å². The minimum Gasteiger partial charge on any atom is -0.306 e. The van der Waals surface area contributed by atoms with Crippen molar-refractivity contribution in [1.29, 1.82) is 0 Å². The van der Waals surface area contributed by atoms with E-state index in [4.69, 9.17) is 10.8 Å². The molecule has 0 aromatic heterocycles. The van der Waals surface area contributed by atoms with Gasteiger partial charge in [0, 0.05) is 23.5 Å². The van der Waals surface area contributed by atoms with Gasteiger partial charge in [0.25, 0.3) is 0 Å². The van der Waals surface area contributed by atoms with Crippen LogP contribution < -0.4 is 5.84 Å². The molecule has 310 valence electrons. The first-order valence-electron chi connectivity index (χ1n) is 23.3. The van der Waals surface area contributed by atoms with Crippen LogP contribution >= 0.6 is 0 Å². The molecule has 0 bridgehead atoms. The molecule has 3 nitrogen and oxygen atoms in total.